The van der Waals surface area contributed by atoms with Crippen LogP contribution in [0.3, 0.4) is 0 Å². The van der Waals surface area contributed by atoms with Gasteiger partial charge in [-0.25, -0.2) is 4.98 Å². The number of ether oxygens (including phenoxy) is 1. The molecule has 1 saturated heterocycles. The van der Waals surface area contributed by atoms with Gasteiger partial charge in [-0.15, -0.1) is 0 Å². The van der Waals surface area contributed by atoms with Gasteiger partial charge in [-0.1, -0.05) is 5.16 Å². The Morgan fingerprint density at radius 3 is 3.00 bits per heavy atom. The molecule has 1 aliphatic heterocycles. The second kappa shape index (κ2) is 7.60. The molecule has 134 valence electrons. The van der Waals surface area contributed by atoms with Crippen molar-refractivity contribution < 1.29 is 14.1 Å². The van der Waals surface area contributed by atoms with Crippen LogP contribution < -0.4 is 5.56 Å². The molecule has 8 heteroatoms. The average molecular weight is 346 g/mol. The van der Waals surface area contributed by atoms with Crippen LogP contribution in [0.25, 0.3) is 0 Å². The Hall–Kier alpha value is -2.48. The second-order valence-electron chi connectivity index (χ2n) is 6.25. The molecule has 1 atom stereocenters. The van der Waals surface area contributed by atoms with Crippen LogP contribution in [0.2, 0.25) is 0 Å². The maximum Gasteiger partial charge on any atom is 0.250 e. The topological polar surface area (TPSA) is 101 Å². The summed E-state index contributed by atoms with van der Waals surface area (Å²) >= 11 is 0. The van der Waals surface area contributed by atoms with Crippen molar-refractivity contribution >= 4 is 5.91 Å². The van der Waals surface area contributed by atoms with Crippen LogP contribution in [0.4, 0.5) is 0 Å². The molecule has 0 bridgehead atoms. The van der Waals surface area contributed by atoms with Gasteiger partial charge in [-0.3, -0.25) is 9.59 Å². The van der Waals surface area contributed by atoms with Crippen molar-refractivity contribution in [3.8, 4) is 0 Å². The Labute approximate surface area is 145 Å². The zero-order chi connectivity index (χ0) is 17.8. The van der Waals surface area contributed by atoms with E-state index in [-0.39, 0.29) is 17.6 Å². The lowest BCUT2D eigenvalue weighted by atomic mass is 10.1. The Morgan fingerprint density at radius 2 is 2.28 bits per heavy atom. The molecule has 0 aliphatic carbocycles. The van der Waals surface area contributed by atoms with Gasteiger partial charge in [0.15, 0.2) is 0 Å². The summed E-state index contributed by atoms with van der Waals surface area (Å²) in [5, 5.41) is 3.89. The molecule has 1 unspecified atom stereocenters. The summed E-state index contributed by atoms with van der Waals surface area (Å²) in [5.41, 5.74) is 2.19. The molecule has 3 rings (SSSR count). The first kappa shape index (κ1) is 17.3. The van der Waals surface area contributed by atoms with Gasteiger partial charge in [0.1, 0.15) is 5.76 Å². The van der Waals surface area contributed by atoms with Crippen molar-refractivity contribution in [3.05, 3.63) is 45.5 Å². The summed E-state index contributed by atoms with van der Waals surface area (Å²) in [4.78, 5) is 32.3. The molecule has 1 N–H and O–H groups in total. The minimum Gasteiger partial charge on any atom is -0.375 e. The van der Waals surface area contributed by atoms with Crippen LogP contribution in [-0.2, 0) is 22.4 Å². The summed E-state index contributed by atoms with van der Waals surface area (Å²) < 4.78 is 10.9. The molecule has 1 aliphatic rings. The maximum atomic E-state index is 12.6. The largest absolute Gasteiger partial charge is 0.375 e. The van der Waals surface area contributed by atoms with E-state index in [1.807, 2.05) is 18.7 Å². The van der Waals surface area contributed by atoms with Crippen molar-refractivity contribution in [1.29, 1.82) is 0 Å². The smallest absolute Gasteiger partial charge is 0.250 e. The third-order valence-electron chi connectivity index (χ3n) is 4.46. The van der Waals surface area contributed by atoms with Crippen molar-refractivity contribution in [2.45, 2.75) is 39.2 Å². The standard InChI is InChI=1S/C17H22N4O4/c1-11-15(12(2)25-20-11)8-17(23)21-5-6-24-14(9-21)4-3-13-7-16(22)19-10-18-13/h7,10,14H,3-6,8-9H2,1-2H3,(H,18,19,22). The first-order chi connectivity index (χ1) is 12.0. The van der Waals surface area contributed by atoms with Crippen LogP contribution >= 0.6 is 0 Å². The van der Waals surface area contributed by atoms with Crippen LogP contribution in [-0.4, -0.2) is 51.7 Å². The van der Waals surface area contributed by atoms with Crippen molar-refractivity contribution in [2.75, 3.05) is 19.7 Å². The number of nitrogens with one attached hydrogen (secondary N) is 1. The SMILES string of the molecule is Cc1noc(C)c1CC(=O)N1CCOC(CCc2cc(=O)[nH]cn2)C1. The Bertz CT molecular complexity index is 778. The number of carbonyl (C=O) groups is 1. The van der Waals surface area contributed by atoms with Gasteiger partial charge in [0.05, 0.1) is 31.2 Å². The molecule has 0 saturated carbocycles. The number of morpholine rings is 1. The number of hydrogen-bond acceptors (Lipinski definition) is 6. The molecule has 25 heavy (non-hydrogen) atoms. The van der Waals surface area contributed by atoms with Gasteiger partial charge in [0, 0.05) is 30.4 Å². The highest BCUT2D eigenvalue weighted by Gasteiger charge is 2.25. The van der Waals surface area contributed by atoms with Gasteiger partial charge in [-0.05, 0) is 26.7 Å². The number of hydrogen-bond donors (Lipinski definition) is 1. The third kappa shape index (κ3) is 4.33. The maximum absolute atomic E-state index is 12.6. The van der Waals surface area contributed by atoms with E-state index >= 15 is 0 Å². The number of amides is 1. The number of H-pyrrole nitrogens is 1. The lowest BCUT2D eigenvalue weighted by Crippen LogP contribution is -2.46. The first-order valence-electron chi connectivity index (χ1n) is 8.37. The molecule has 0 radical (unpaired) electrons. The second-order valence-corrected chi connectivity index (χ2v) is 6.25. The molecule has 1 amide bonds. The highest BCUT2D eigenvalue weighted by Crippen LogP contribution is 2.16. The zero-order valence-corrected chi connectivity index (χ0v) is 14.4. The number of carbonyl (C=O) groups excluding carboxylic acids is 1. The van der Waals surface area contributed by atoms with Crippen LogP contribution in [0.15, 0.2) is 21.7 Å². The van der Waals surface area contributed by atoms with Crippen LogP contribution in [0.1, 0.15) is 29.1 Å². The van der Waals surface area contributed by atoms with E-state index < -0.39 is 0 Å². The number of aryl methyl sites for hydroxylation is 3. The van der Waals surface area contributed by atoms with Crippen LogP contribution in [0.5, 0.6) is 0 Å². The van der Waals surface area contributed by atoms with E-state index in [2.05, 4.69) is 15.1 Å². The van der Waals surface area contributed by atoms with E-state index in [1.54, 1.807) is 0 Å². The number of aromatic amines is 1. The molecule has 3 heterocycles. The summed E-state index contributed by atoms with van der Waals surface area (Å²) in [7, 11) is 0. The molecule has 2 aromatic rings. The van der Waals surface area contributed by atoms with Gasteiger partial charge >= 0.3 is 0 Å². The summed E-state index contributed by atoms with van der Waals surface area (Å²) in [6.07, 6.45) is 3.00. The van der Waals surface area contributed by atoms with Gasteiger partial charge in [-0.2, -0.15) is 0 Å². The minimum absolute atomic E-state index is 0.0524. The average Bonchev–Trinajstić information content (AvgIpc) is 2.92. The van der Waals surface area contributed by atoms with E-state index in [4.69, 9.17) is 9.26 Å². The highest BCUT2D eigenvalue weighted by atomic mass is 16.5. The fourth-order valence-corrected chi connectivity index (χ4v) is 2.99. The van der Waals surface area contributed by atoms with Gasteiger partial charge in [0.25, 0.3) is 5.56 Å². The molecular formula is C17H22N4O4. The van der Waals surface area contributed by atoms with Crippen LogP contribution in [0, 0.1) is 13.8 Å². The Kier molecular flexibility index (Phi) is 5.28. The lowest BCUT2D eigenvalue weighted by molar-refractivity contribution is -0.138. The molecular weight excluding hydrogens is 324 g/mol. The van der Waals surface area contributed by atoms with Gasteiger partial charge < -0.3 is 19.1 Å². The summed E-state index contributed by atoms with van der Waals surface area (Å²) in [6.45, 7) is 5.31. The quantitative estimate of drug-likeness (QED) is 0.858. The van der Waals surface area contributed by atoms with Gasteiger partial charge in [0.2, 0.25) is 5.91 Å². The van der Waals surface area contributed by atoms with E-state index in [0.717, 1.165) is 17.0 Å². The van der Waals surface area contributed by atoms with E-state index in [9.17, 15) is 9.59 Å². The fourth-order valence-electron chi connectivity index (χ4n) is 2.99. The predicted molar refractivity (Wildman–Crippen MR) is 89.2 cm³/mol. The fraction of sp³-hybridized carbons (Fsp3) is 0.529. The predicted octanol–water partition coefficient (Wildman–Crippen LogP) is 0.777. The highest BCUT2D eigenvalue weighted by molar-refractivity contribution is 5.79. The molecule has 0 spiro atoms. The van der Waals surface area contributed by atoms with Crippen molar-refractivity contribution in [1.82, 2.24) is 20.0 Å². The zero-order valence-electron chi connectivity index (χ0n) is 14.4. The van der Waals surface area contributed by atoms with Crippen molar-refractivity contribution in [2.24, 2.45) is 0 Å². The normalized spacial score (nSPS) is 17.7. The number of nitrogens with zero attached hydrogens (tertiary/aromatic N) is 3. The Morgan fingerprint density at radius 1 is 1.44 bits per heavy atom. The summed E-state index contributed by atoms with van der Waals surface area (Å²) in [5.74, 6) is 0.744. The third-order valence-corrected chi connectivity index (χ3v) is 4.46. The molecule has 8 nitrogen and oxygen atoms in total. The molecule has 2 aromatic heterocycles. The molecule has 1 fully saturated rings. The number of rotatable bonds is 5. The minimum atomic E-state index is -0.161. The first-order valence-corrected chi connectivity index (χ1v) is 8.37. The van der Waals surface area contributed by atoms with E-state index in [1.165, 1.54) is 12.4 Å². The Balaban J connectivity index is 1.55. The number of aromatic nitrogens is 3. The monoisotopic (exact) mass is 346 g/mol. The van der Waals surface area contributed by atoms with Crippen molar-refractivity contribution in [3.63, 3.8) is 0 Å². The molecule has 0 aromatic carbocycles. The lowest BCUT2D eigenvalue weighted by Gasteiger charge is -2.33. The van der Waals surface area contributed by atoms with E-state index in [0.29, 0.717) is 44.7 Å². The summed E-state index contributed by atoms with van der Waals surface area (Å²) in [6, 6.07) is 1.49.